The molecule has 1 aromatic heterocycles. The fourth-order valence-corrected chi connectivity index (χ4v) is 4.41. The van der Waals surface area contributed by atoms with Crippen LogP contribution >= 0.6 is 0 Å². The molecular weight excluding hydrogens is 527 g/mol. The Morgan fingerprint density at radius 2 is 1.63 bits per heavy atom. The molecule has 0 atom stereocenters. The van der Waals surface area contributed by atoms with Crippen LogP contribution in [0.1, 0.15) is 48.0 Å². The van der Waals surface area contributed by atoms with Crippen LogP contribution in [0.15, 0.2) is 48.5 Å². The molecular formula is C29H39FN8O3. The SMILES string of the molecule is NCCOCCOCCNC(=O)c1ccc(Nc2nc(NCc3cccc(F)c3)nc(NC3CCCCC3)n2)cc1. The van der Waals surface area contributed by atoms with Gasteiger partial charge in [-0.25, -0.2) is 4.39 Å². The van der Waals surface area contributed by atoms with Gasteiger partial charge in [0.15, 0.2) is 0 Å². The van der Waals surface area contributed by atoms with Crippen molar-refractivity contribution in [2.24, 2.45) is 5.73 Å². The summed E-state index contributed by atoms with van der Waals surface area (Å²) in [6.07, 6.45) is 5.74. The number of nitrogens with two attached hydrogens (primary N) is 1. The molecule has 3 aromatic rings. The van der Waals surface area contributed by atoms with Crippen molar-refractivity contribution in [2.45, 2.75) is 44.7 Å². The van der Waals surface area contributed by atoms with Gasteiger partial charge in [0.1, 0.15) is 5.82 Å². The topological polar surface area (TPSA) is 148 Å². The molecule has 2 aromatic carbocycles. The fourth-order valence-electron chi connectivity index (χ4n) is 4.41. The number of halogens is 1. The van der Waals surface area contributed by atoms with Crippen molar-refractivity contribution < 1.29 is 18.7 Å². The number of hydrogen-bond donors (Lipinski definition) is 5. The lowest BCUT2D eigenvalue weighted by atomic mass is 9.96. The summed E-state index contributed by atoms with van der Waals surface area (Å²) in [5.74, 6) is 0.707. The number of rotatable bonds is 16. The van der Waals surface area contributed by atoms with E-state index in [4.69, 9.17) is 15.2 Å². The highest BCUT2D eigenvalue weighted by Gasteiger charge is 2.16. The first kappa shape index (κ1) is 30.1. The number of nitrogens with zero attached hydrogens (tertiary/aromatic N) is 3. The van der Waals surface area contributed by atoms with Gasteiger partial charge >= 0.3 is 0 Å². The molecule has 1 amide bonds. The molecule has 220 valence electrons. The molecule has 1 saturated carbocycles. The maximum absolute atomic E-state index is 13.6. The molecule has 1 heterocycles. The van der Waals surface area contributed by atoms with E-state index >= 15 is 0 Å². The predicted octanol–water partition coefficient (Wildman–Crippen LogP) is 3.83. The van der Waals surface area contributed by atoms with Crippen molar-refractivity contribution >= 4 is 29.4 Å². The van der Waals surface area contributed by atoms with Gasteiger partial charge in [0.25, 0.3) is 5.91 Å². The Morgan fingerprint density at radius 1 is 0.902 bits per heavy atom. The Kier molecular flexibility index (Phi) is 12.0. The molecule has 0 aliphatic heterocycles. The Hall–Kier alpha value is -3.87. The molecule has 0 radical (unpaired) electrons. The number of anilines is 4. The van der Waals surface area contributed by atoms with Crippen molar-refractivity contribution in [2.75, 3.05) is 55.5 Å². The van der Waals surface area contributed by atoms with Crippen LogP contribution in [0.5, 0.6) is 0 Å². The quantitative estimate of drug-likeness (QED) is 0.162. The third kappa shape index (κ3) is 10.6. The van der Waals surface area contributed by atoms with Gasteiger partial charge in [-0.1, -0.05) is 31.4 Å². The summed E-state index contributed by atoms with van der Waals surface area (Å²) >= 11 is 0. The number of amides is 1. The van der Waals surface area contributed by atoms with E-state index in [0.29, 0.717) is 81.2 Å². The highest BCUT2D eigenvalue weighted by Crippen LogP contribution is 2.22. The molecule has 4 rings (SSSR count). The van der Waals surface area contributed by atoms with E-state index in [1.807, 2.05) is 6.07 Å². The molecule has 11 nitrogen and oxygen atoms in total. The summed E-state index contributed by atoms with van der Waals surface area (Å²) in [5, 5.41) is 12.7. The monoisotopic (exact) mass is 566 g/mol. The Balaban J connectivity index is 1.34. The Morgan fingerprint density at radius 3 is 2.39 bits per heavy atom. The van der Waals surface area contributed by atoms with Crippen LogP contribution < -0.4 is 27.0 Å². The van der Waals surface area contributed by atoms with E-state index in [1.165, 1.54) is 31.4 Å². The molecule has 1 aliphatic carbocycles. The average molecular weight is 567 g/mol. The lowest BCUT2D eigenvalue weighted by Crippen LogP contribution is -2.27. The van der Waals surface area contributed by atoms with Crippen LogP contribution in [-0.4, -0.2) is 66.4 Å². The third-order valence-electron chi connectivity index (χ3n) is 6.48. The maximum atomic E-state index is 13.6. The van der Waals surface area contributed by atoms with Gasteiger partial charge in [-0.3, -0.25) is 4.79 Å². The largest absolute Gasteiger partial charge is 0.378 e. The van der Waals surface area contributed by atoms with E-state index in [0.717, 1.165) is 18.4 Å². The van der Waals surface area contributed by atoms with Crippen molar-refractivity contribution in [3.05, 3.63) is 65.5 Å². The smallest absolute Gasteiger partial charge is 0.251 e. The number of aromatic nitrogens is 3. The maximum Gasteiger partial charge on any atom is 0.251 e. The summed E-state index contributed by atoms with van der Waals surface area (Å²) in [6, 6.07) is 13.7. The van der Waals surface area contributed by atoms with Crippen molar-refractivity contribution in [3.8, 4) is 0 Å². The lowest BCUT2D eigenvalue weighted by Gasteiger charge is -2.23. The van der Waals surface area contributed by atoms with Crippen molar-refractivity contribution in [3.63, 3.8) is 0 Å². The van der Waals surface area contributed by atoms with E-state index in [9.17, 15) is 9.18 Å². The molecule has 0 spiro atoms. The summed E-state index contributed by atoms with van der Waals surface area (Å²) in [7, 11) is 0. The first-order chi connectivity index (χ1) is 20.1. The van der Waals surface area contributed by atoms with Gasteiger partial charge in [-0.15, -0.1) is 0 Å². The highest BCUT2D eigenvalue weighted by molar-refractivity contribution is 5.94. The van der Waals surface area contributed by atoms with Gasteiger partial charge in [-0.2, -0.15) is 15.0 Å². The summed E-state index contributed by atoms with van der Waals surface area (Å²) in [5.41, 5.74) is 7.38. The number of carbonyl (C=O) groups is 1. The van der Waals surface area contributed by atoms with Crippen molar-refractivity contribution in [1.82, 2.24) is 20.3 Å². The van der Waals surface area contributed by atoms with Crippen LogP contribution in [0.4, 0.5) is 27.9 Å². The van der Waals surface area contributed by atoms with Gasteiger partial charge in [-0.05, 0) is 54.8 Å². The molecule has 12 heteroatoms. The highest BCUT2D eigenvalue weighted by atomic mass is 19.1. The van der Waals surface area contributed by atoms with Crippen LogP contribution in [0.2, 0.25) is 0 Å². The lowest BCUT2D eigenvalue weighted by molar-refractivity contribution is 0.0511. The predicted molar refractivity (Wildman–Crippen MR) is 157 cm³/mol. The first-order valence-corrected chi connectivity index (χ1v) is 14.1. The zero-order valence-corrected chi connectivity index (χ0v) is 23.2. The van der Waals surface area contributed by atoms with Crippen LogP contribution in [-0.2, 0) is 16.0 Å². The van der Waals surface area contributed by atoms with Crippen LogP contribution in [0, 0.1) is 5.82 Å². The standard InChI is InChI=1S/C29H39FN8O3/c30-23-6-4-5-21(19-23)20-33-27-36-28(34-24-7-2-1-3-8-24)38-29(37-27)35-25-11-9-22(10-12-25)26(39)32-14-16-41-18-17-40-15-13-31/h4-6,9-12,19,24H,1-3,7-8,13-18,20,31H2,(H,32,39)(H3,33,34,35,36,37,38). The summed E-state index contributed by atoms with van der Waals surface area (Å²) < 4.78 is 24.3. The zero-order valence-electron chi connectivity index (χ0n) is 23.2. The second-order valence-electron chi connectivity index (χ2n) is 9.74. The molecule has 0 unspecified atom stereocenters. The van der Waals surface area contributed by atoms with Gasteiger partial charge in [0.2, 0.25) is 17.8 Å². The van der Waals surface area contributed by atoms with E-state index in [2.05, 4.69) is 36.2 Å². The Bertz CT molecular complexity index is 1220. The first-order valence-electron chi connectivity index (χ1n) is 14.1. The number of nitrogens with one attached hydrogen (secondary N) is 4. The second-order valence-corrected chi connectivity index (χ2v) is 9.74. The van der Waals surface area contributed by atoms with Gasteiger partial charge in [0, 0.05) is 36.9 Å². The molecule has 0 saturated heterocycles. The van der Waals surface area contributed by atoms with Crippen molar-refractivity contribution in [1.29, 1.82) is 0 Å². The number of ether oxygens (including phenoxy) is 2. The van der Waals surface area contributed by atoms with E-state index in [-0.39, 0.29) is 11.7 Å². The van der Waals surface area contributed by atoms with Gasteiger partial charge in [0.05, 0.1) is 26.4 Å². The summed E-state index contributed by atoms with van der Waals surface area (Å²) in [6.45, 7) is 3.06. The van der Waals surface area contributed by atoms with Crippen LogP contribution in [0.3, 0.4) is 0 Å². The average Bonchev–Trinajstić information content (AvgIpc) is 2.98. The number of benzene rings is 2. The zero-order chi connectivity index (χ0) is 28.7. The van der Waals surface area contributed by atoms with Gasteiger partial charge < -0.3 is 36.5 Å². The summed E-state index contributed by atoms with van der Waals surface area (Å²) in [4.78, 5) is 26.1. The number of hydrogen-bond acceptors (Lipinski definition) is 10. The van der Waals surface area contributed by atoms with Crippen LogP contribution in [0.25, 0.3) is 0 Å². The minimum Gasteiger partial charge on any atom is -0.378 e. The normalized spacial score (nSPS) is 13.5. The fraction of sp³-hybridized carbons (Fsp3) is 0.448. The molecule has 1 fully saturated rings. The minimum absolute atomic E-state index is 0.192. The molecule has 6 N–H and O–H groups in total. The molecule has 0 bridgehead atoms. The molecule has 1 aliphatic rings. The Labute approximate surface area is 239 Å². The third-order valence-corrected chi connectivity index (χ3v) is 6.48. The minimum atomic E-state index is -0.295. The van der Waals surface area contributed by atoms with E-state index in [1.54, 1.807) is 30.3 Å². The number of carbonyl (C=O) groups excluding carboxylic acids is 1. The molecule has 41 heavy (non-hydrogen) atoms. The second kappa shape index (κ2) is 16.4. The van der Waals surface area contributed by atoms with E-state index < -0.39 is 0 Å².